The maximum atomic E-state index is 13.7. The normalized spacial score (nSPS) is 13.5. The highest BCUT2D eigenvalue weighted by molar-refractivity contribution is 6.00. The molecule has 1 saturated heterocycles. The molecule has 3 aromatic carbocycles. The van der Waals surface area contributed by atoms with Crippen molar-refractivity contribution in [1.82, 2.24) is 14.7 Å². The SMILES string of the molecule is COc1cccc(-c2nn(-c3ccccc3)cc2C(=O)N2CCN(c3ccc([N+](=O)[O-])cc3)CC2)c1. The number of piperazine rings is 1. The number of carbonyl (C=O) groups is 1. The number of benzene rings is 3. The predicted molar refractivity (Wildman–Crippen MR) is 137 cm³/mol. The minimum absolute atomic E-state index is 0.0630. The summed E-state index contributed by atoms with van der Waals surface area (Å²) < 4.78 is 7.12. The first kappa shape index (κ1) is 23.1. The van der Waals surface area contributed by atoms with Gasteiger partial charge in [0.15, 0.2) is 0 Å². The number of ether oxygens (including phenoxy) is 1. The molecule has 4 aromatic rings. The standard InChI is InChI=1S/C27H25N5O4/c1-36-24-9-5-6-20(18-24)26-25(19-31(28-26)22-7-3-2-4-8-22)27(33)30-16-14-29(15-17-30)21-10-12-23(13-11-21)32(34)35/h2-13,18-19H,14-17H2,1H3. The van der Waals surface area contributed by atoms with E-state index in [1.54, 1.807) is 30.1 Å². The molecule has 0 radical (unpaired) electrons. The third-order valence-electron chi connectivity index (χ3n) is 6.30. The summed E-state index contributed by atoms with van der Waals surface area (Å²) in [5.74, 6) is 0.607. The number of amides is 1. The van der Waals surface area contributed by atoms with E-state index in [4.69, 9.17) is 9.84 Å². The summed E-state index contributed by atoms with van der Waals surface area (Å²) in [5, 5.41) is 15.7. The minimum Gasteiger partial charge on any atom is -0.497 e. The second kappa shape index (κ2) is 9.91. The van der Waals surface area contributed by atoms with Crippen LogP contribution in [0.5, 0.6) is 5.75 Å². The van der Waals surface area contributed by atoms with Crippen molar-refractivity contribution in [3.63, 3.8) is 0 Å². The summed E-state index contributed by atoms with van der Waals surface area (Å²) >= 11 is 0. The van der Waals surface area contributed by atoms with Crippen molar-refractivity contribution in [3.8, 4) is 22.7 Å². The van der Waals surface area contributed by atoms with Crippen molar-refractivity contribution in [1.29, 1.82) is 0 Å². The topological polar surface area (TPSA) is 93.7 Å². The van der Waals surface area contributed by atoms with Gasteiger partial charge in [0.25, 0.3) is 11.6 Å². The van der Waals surface area contributed by atoms with Crippen LogP contribution in [0.3, 0.4) is 0 Å². The van der Waals surface area contributed by atoms with Gasteiger partial charge in [-0.25, -0.2) is 4.68 Å². The Bertz CT molecular complexity index is 1380. The lowest BCUT2D eigenvalue weighted by Crippen LogP contribution is -2.48. The van der Waals surface area contributed by atoms with Crippen LogP contribution in [0.15, 0.2) is 85.1 Å². The molecule has 0 spiro atoms. The second-order valence-electron chi connectivity index (χ2n) is 8.46. The molecule has 0 aliphatic carbocycles. The second-order valence-corrected chi connectivity index (χ2v) is 8.46. The molecule has 9 nitrogen and oxygen atoms in total. The van der Waals surface area contributed by atoms with E-state index in [9.17, 15) is 14.9 Å². The van der Waals surface area contributed by atoms with Gasteiger partial charge in [-0.3, -0.25) is 14.9 Å². The van der Waals surface area contributed by atoms with Crippen molar-refractivity contribution in [2.45, 2.75) is 0 Å². The van der Waals surface area contributed by atoms with Gasteiger partial charge in [-0.2, -0.15) is 5.10 Å². The first-order valence-corrected chi connectivity index (χ1v) is 11.6. The molecule has 1 aromatic heterocycles. The van der Waals surface area contributed by atoms with E-state index >= 15 is 0 Å². The molecule has 1 amide bonds. The van der Waals surface area contributed by atoms with Crippen molar-refractivity contribution in [3.05, 3.63) is 101 Å². The van der Waals surface area contributed by atoms with E-state index < -0.39 is 4.92 Å². The molecule has 182 valence electrons. The third kappa shape index (κ3) is 4.63. The van der Waals surface area contributed by atoms with Crippen molar-refractivity contribution >= 4 is 17.3 Å². The molecule has 1 fully saturated rings. The number of methoxy groups -OCH3 is 1. The Morgan fingerprint density at radius 2 is 1.64 bits per heavy atom. The number of nitro groups is 1. The number of rotatable bonds is 6. The van der Waals surface area contributed by atoms with Gasteiger partial charge in [0, 0.05) is 55.8 Å². The van der Waals surface area contributed by atoms with Crippen molar-refractivity contribution in [2.75, 3.05) is 38.2 Å². The Morgan fingerprint density at radius 3 is 2.31 bits per heavy atom. The van der Waals surface area contributed by atoms with Crippen LogP contribution in [0.2, 0.25) is 0 Å². The van der Waals surface area contributed by atoms with Crippen LogP contribution < -0.4 is 9.64 Å². The summed E-state index contributed by atoms with van der Waals surface area (Å²) in [6.45, 7) is 2.32. The number of non-ortho nitro benzene ring substituents is 1. The fraction of sp³-hybridized carbons (Fsp3) is 0.185. The zero-order valence-corrected chi connectivity index (χ0v) is 19.8. The maximum Gasteiger partial charge on any atom is 0.269 e. The van der Waals surface area contributed by atoms with Crippen LogP contribution >= 0.6 is 0 Å². The largest absolute Gasteiger partial charge is 0.497 e. The Labute approximate surface area is 208 Å². The highest BCUT2D eigenvalue weighted by Crippen LogP contribution is 2.29. The molecule has 1 aliphatic heterocycles. The van der Waals surface area contributed by atoms with Crippen LogP contribution in [-0.4, -0.2) is 58.8 Å². The number of hydrogen-bond donors (Lipinski definition) is 0. The Balaban J connectivity index is 1.40. The van der Waals surface area contributed by atoms with Gasteiger partial charge in [0.1, 0.15) is 11.4 Å². The lowest BCUT2D eigenvalue weighted by Gasteiger charge is -2.36. The van der Waals surface area contributed by atoms with E-state index in [1.165, 1.54) is 12.1 Å². The van der Waals surface area contributed by atoms with Crippen LogP contribution in [-0.2, 0) is 0 Å². The van der Waals surface area contributed by atoms with E-state index in [-0.39, 0.29) is 11.6 Å². The van der Waals surface area contributed by atoms with Gasteiger partial charge < -0.3 is 14.5 Å². The van der Waals surface area contributed by atoms with Gasteiger partial charge in [0.05, 0.1) is 23.3 Å². The fourth-order valence-corrected chi connectivity index (χ4v) is 4.35. The molecule has 0 N–H and O–H groups in total. The third-order valence-corrected chi connectivity index (χ3v) is 6.30. The highest BCUT2D eigenvalue weighted by Gasteiger charge is 2.27. The summed E-state index contributed by atoms with van der Waals surface area (Å²) in [7, 11) is 1.61. The zero-order valence-electron chi connectivity index (χ0n) is 19.8. The average Bonchev–Trinajstić information content (AvgIpc) is 3.39. The van der Waals surface area contributed by atoms with Gasteiger partial charge in [-0.05, 0) is 36.4 Å². The first-order valence-electron chi connectivity index (χ1n) is 11.6. The molecule has 36 heavy (non-hydrogen) atoms. The lowest BCUT2D eigenvalue weighted by atomic mass is 10.1. The molecule has 9 heteroatoms. The number of nitro benzene ring substituents is 1. The number of nitrogens with zero attached hydrogens (tertiary/aromatic N) is 5. The Hall–Kier alpha value is -4.66. The van der Waals surface area contributed by atoms with E-state index in [2.05, 4.69) is 4.90 Å². The highest BCUT2D eigenvalue weighted by atomic mass is 16.6. The Kier molecular flexibility index (Phi) is 6.36. The molecule has 1 aliphatic rings. The van der Waals surface area contributed by atoms with Crippen LogP contribution in [0.25, 0.3) is 16.9 Å². The molecule has 2 heterocycles. The molecular weight excluding hydrogens is 458 g/mol. The summed E-state index contributed by atoms with van der Waals surface area (Å²) in [6.07, 6.45) is 1.79. The fourth-order valence-electron chi connectivity index (χ4n) is 4.35. The summed E-state index contributed by atoms with van der Waals surface area (Å²) in [4.78, 5) is 28.2. The lowest BCUT2D eigenvalue weighted by molar-refractivity contribution is -0.384. The minimum atomic E-state index is -0.407. The smallest absolute Gasteiger partial charge is 0.269 e. The van der Waals surface area contributed by atoms with E-state index in [0.717, 1.165) is 16.9 Å². The predicted octanol–water partition coefficient (Wildman–Crippen LogP) is 4.42. The number of aromatic nitrogens is 2. The van der Waals surface area contributed by atoms with E-state index in [0.29, 0.717) is 43.2 Å². The average molecular weight is 484 g/mol. The van der Waals surface area contributed by atoms with Crippen LogP contribution in [0.4, 0.5) is 11.4 Å². The molecule has 0 atom stereocenters. The van der Waals surface area contributed by atoms with Gasteiger partial charge in [0.2, 0.25) is 0 Å². The molecule has 0 saturated carbocycles. The molecule has 0 unspecified atom stereocenters. The summed E-state index contributed by atoms with van der Waals surface area (Å²) in [5.41, 5.74) is 3.76. The van der Waals surface area contributed by atoms with Gasteiger partial charge >= 0.3 is 0 Å². The number of anilines is 1. The number of hydrogen-bond acceptors (Lipinski definition) is 6. The number of para-hydroxylation sites is 1. The van der Waals surface area contributed by atoms with Crippen molar-refractivity contribution in [2.24, 2.45) is 0 Å². The monoisotopic (exact) mass is 483 g/mol. The molecule has 0 bridgehead atoms. The number of carbonyl (C=O) groups excluding carboxylic acids is 1. The quantitative estimate of drug-likeness (QED) is 0.298. The Morgan fingerprint density at radius 1 is 0.917 bits per heavy atom. The maximum absolute atomic E-state index is 13.7. The van der Waals surface area contributed by atoms with Crippen LogP contribution in [0, 0.1) is 10.1 Å². The van der Waals surface area contributed by atoms with Crippen LogP contribution in [0.1, 0.15) is 10.4 Å². The molecule has 5 rings (SSSR count). The van der Waals surface area contributed by atoms with Gasteiger partial charge in [-0.1, -0.05) is 30.3 Å². The van der Waals surface area contributed by atoms with E-state index in [1.807, 2.05) is 59.5 Å². The van der Waals surface area contributed by atoms with Crippen molar-refractivity contribution < 1.29 is 14.5 Å². The zero-order chi connectivity index (χ0) is 25.1. The molecular formula is C27H25N5O4. The van der Waals surface area contributed by atoms with Gasteiger partial charge in [-0.15, -0.1) is 0 Å². The first-order chi connectivity index (χ1) is 17.5. The summed E-state index contributed by atoms with van der Waals surface area (Å²) in [6, 6.07) is 23.7.